The van der Waals surface area contributed by atoms with Gasteiger partial charge in [0.2, 0.25) is 0 Å². The first-order chi connectivity index (χ1) is 8.70. The average molecular weight is 266 g/mol. The molecule has 1 aromatic carbocycles. The lowest BCUT2D eigenvalue weighted by Gasteiger charge is -2.22. The van der Waals surface area contributed by atoms with Gasteiger partial charge in [-0.05, 0) is 31.0 Å². The molecule has 0 fully saturated rings. The third kappa shape index (κ3) is 5.80. The Morgan fingerprint density at radius 2 is 1.50 bits per heavy atom. The minimum atomic E-state index is -1.82. The van der Waals surface area contributed by atoms with Gasteiger partial charge in [-0.1, -0.05) is 49.6 Å². The number of hydrogen-bond acceptors (Lipinski definition) is 2. The normalized spacial score (nSPS) is 11.7. The second-order valence-corrected chi connectivity index (χ2v) is 8.53. The van der Waals surface area contributed by atoms with E-state index in [1.165, 1.54) is 37.7 Å². The Morgan fingerprint density at radius 3 is 2.11 bits per heavy atom. The fourth-order valence-electron chi connectivity index (χ4n) is 2.06. The van der Waals surface area contributed by atoms with E-state index in [2.05, 4.69) is 36.9 Å². The molecule has 0 spiro atoms. The third-order valence-corrected chi connectivity index (χ3v) is 6.54. The van der Waals surface area contributed by atoms with E-state index in [-0.39, 0.29) is 0 Å². The van der Waals surface area contributed by atoms with E-state index in [4.69, 9.17) is 8.85 Å². The number of rotatable bonds is 9. The first-order valence-corrected chi connectivity index (χ1v) is 9.37. The molecule has 3 heteroatoms. The third-order valence-electron chi connectivity index (χ3n) is 3.55. The van der Waals surface area contributed by atoms with Crippen LogP contribution in [-0.2, 0) is 15.3 Å². The van der Waals surface area contributed by atoms with Crippen molar-refractivity contribution < 1.29 is 8.85 Å². The highest BCUT2D eigenvalue weighted by atomic mass is 28.4. The van der Waals surface area contributed by atoms with Gasteiger partial charge in [-0.25, -0.2) is 0 Å². The molecule has 1 aromatic rings. The zero-order valence-electron chi connectivity index (χ0n) is 11.9. The SMILES string of the molecule is CO[Si](C)(CCCCCCc1ccccc1)OC. The molecule has 0 radical (unpaired) electrons. The van der Waals surface area contributed by atoms with Gasteiger partial charge < -0.3 is 8.85 Å². The van der Waals surface area contributed by atoms with Crippen LogP contribution in [0.1, 0.15) is 31.2 Å². The lowest BCUT2D eigenvalue weighted by atomic mass is 10.1. The van der Waals surface area contributed by atoms with Crippen LogP contribution in [0.4, 0.5) is 0 Å². The smallest absolute Gasteiger partial charge is 0.334 e. The van der Waals surface area contributed by atoms with Crippen LogP contribution in [0.3, 0.4) is 0 Å². The number of benzene rings is 1. The number of hydrogen-bond donors (Lipinski definition) is 0. The van der Waals surface area contributed by atoms with Crippen molar-refractivity contribution >= 4 is 8.56 Å². The van der Waals surface area contributed by atoms with Crippen LogP contribution in [0.5, 0.6) is 0 Å². The molecule has 0 amide bonds. The van der Waals surface area contributed by atoms with Crippen molar-refractivity contribution in [1.82, 2.24) is 0 Å². The molecule has 2 nitrogen and oxygen atoms in total. The van der Waals surface area contributed by atoms with Gasteiger partial charge in [0.15, 0.2) is 0 Å². The molecule has 102 valence electrons. The monoisotopic (exact) mass is 266 g/mol. The highest BCUT2D eigenvalue weighted by Gasteiger charge is 2.27. The van der Waals surface area contributed by atoms with Crippen LogP contribution in [0.2, 0.25) is 12.6 Å². The van der Waals surface area contributed by atoms with Crippen molar-refractivity contribution in [3.05, 3.63) is 35.9 Å². The molecule has 0 atom stereocenters. The zero-order chi connectivity index (χ0) is 13.3. The highest BCUT2D eigenvalue weighted by Crippen LogP contribution is 2.17. The van der Waals surface area contributed by atoms with E-state index in [9.17, 15) is 0 Å². The Kier molecular flexibility index (Phi) is 7.24. The van der Waals surface area contributed by atoms with E-state index >= 15 is 0 Å². The standard InChI is InChI=1S/C15H26O2Si/c1-16-18(3,17-2)14-10-5-4-7-11-15-12-8-6-9-13-15/h6,8-9,12-13H,4-5,7,10-11,14H2,1-3H3. The molecule has 0 heterocycles. The molecule has 0 aliphatic heterocycles. The van der Waals surface area contributed by atoms with E-state index in [0.29, 0.717) is 0 Å². The second kappa shape index (κ2) is 8.46. The van der Waals surface area contributed by atoms with Crippen LogP contribution in [-0.4, -0.2) is 22.8 Å². The van der Waals surface area contributed by atoms with Crippen LogP contribution in [0, 0.1) is 0 Å². The molecule has 0 saturated heterocycles. The van der Waals surface area contributed by atoms with Crippen molar-refractivity contribution in [2.75, 3.05) is 14.2 Å². The first kappa shape index (κ1) is 15.4. The fourth-order valence-corrected chi connectivity index (χ4v) is 3.53. The van der Waals surface area contributed by atoms with Crippen molar-refractivity contribution in [2.45, 2.75) is 44.7 Å². The molecule has 18 heavy (non-hydrogen) atoms. The van der Waals surface area contributed by atoms with Gasteiger partial charge in [0.1, 0.15) is 0 Å². The van der Waals surface area contributed by atoms with Crippen molar-refractivity contribution in [2.24, 2.45) is 0 Å². The summed E-state index contributed by atoms with van der Waals surface area (Å²) < 4.78 is 11.0. The average Bonchev–Trinajstić information content (AvgIpc) is 2.43. The molecule has 0 unspecified atom stereocenters. The minimum Gasteiger partial charge on any atom is -0.398 e. The van der Waals surface area contributed by atoms with Gasteiger partial charge >= 0.3 is 8.56 Å². The van der Waals surface area contributed by atoms with Crippen LogP contribution in [0.15, 0.2) is 30.3 Å². The molecular formula is C15H26O2Si. The Labute approximate surface area is 113 Å². The predicted molar refractivity (Wildman–Crippen MR) is 79.1 cm³/mol. The van der Waals surface area contributed by atoms with Gasteiger partial charge in [0, 0.05) is 14.2 Å². The molecule has 0 aliphatic carbocycles. The van der Waals surface area contributed by atoms with Crippen LogP contribution < -0.4 is 0 Å². The lowest BCUT2D eigenvalue weighted by molar-refractivity contribution is 0.248. The molecule has 0 aliphatic rings. The van der Waals surface area contributed by atoms with E-state index in [0.717, 1.165) is 6.04 Å². The molecule has 0 N–H and O–H groups in total. The summed E-state index contributed by atoms with van der Waals surface area (Å²) in [4.78, 5) is 0. The van der Waals surface area contributed by atoms with Gasteiger partial charge in [-0.15, -0.1) is 0 Å². The van der Waals surface area contributed by atoms with Crippen LogP contribution >= 0.6 is 0 Å². The number of unbranched alkanes of at least 4 members (excludes halogenated alkanes) is 3. The van der Waals surface area contributed by atoms with Crippen LogP contribution in [0.25, 0.3) is 0 Å². The van der Waals surface area contributed by atoms with E-state index in [1.807, 2.05) is 0 Å². The Balaban J connectivity index is 2.06. The summed E-state index contributed by atoms with van der Waals surface area (Å²) >= 11 is 0. The fraction of sp³-hybridized carbons (Fsp3) is 0.600. The zero-order valence-corrected chi connectivity index (χ0v) is 12.9. The van der Waals surface area contributed by atoms with E-state index < -0.39 is 8.56 Å². The summed E-state index contributed by atoms with van der Waals surface area (Å²) in [7, 11) is 1.72. The maximum atomic E-state index is 5.48. The molecule has 1 rings (SSSR count). The topological polar surface area (TPSA) is 18.5 Å². The summed E-state index contributed by atoms with van der Waals surface area (Å²) in [5, 5.41) is 0. The largest absolute Gasteiger partial charge is 0.398 e. The Morgan fingerprint density at radius 1 is 0.889 bits per heavy atom. The molecule has 0 bridgehead atoms. The molecular weight excluding hydrogens is 240 g/mol. The first-order valence-electron chi connectivity index (χ1n) is 6.84. The minimum absolute atomic E-state index is 1.10. The van der Waals surface area contributed by atoms with Crippen molar-refractivity contribution in [1.29, 1.82) is 0 Å². The van der Waals surface area contributed by atoms with Gasteiger partial charge in [-0.3, -0.25) is 0 Å². The summed E-state index contributed by atoms with van der Waals surface area (Å²) in [5.41, 5.74) is 1.45. The summed E-state index contributed by atoms with van der Waals surface area (Å²) in [6.07, 6.45) is 6.28. The van der Waals surface area contributed by atoms with Gasteiger partial charge in [0.25, 0.3) is 0 Å². The Bertz CT molecular complexity index is 310. The predicted octanol–water partition coefficient (Wildman–Crippen LogP) is 4.15. The second-order valence-electron chi connectivity index (χ2n) is 4.94. The van der Waals surface area contributed by atoms with E-state index in [1.54, 1.807) is 14.2 Å². The Hall–Kier alpha value is -0.643. The van der Waals surface area contributed by atoms with Crippen molar-refractivity contribution in [3.63, 3.8) is 0 Å². The molecule has 0 aromatic heterocycles. The van der Waals surface area contributed by atoms with Gasteiger partial charge in [-0.2, -0.15) is 0 Å². The van der Waals surface area contributed by atoms with Crippen molar-refractivity contribution in [3.8, 4) is 0 Å². The summed E-state index contributed by atoms with van der Waals surface area (Å²) in [6.45, 7) is 2.14. The maximum Gasteiger partial charge on any atom is 0.334 e. The number of aryl methyl sites for hydroxylation is 1. The summed E-state index contributed by atoms with van der Waals surface area (Å²) in [6, 6.07) is 11.8. The highest BCUT2D eigenvalue weighted by molar-refractivity contribution is 6.65. The summed E-state index contributed by atoms with van der Waals surface area (Å²) in [5.74, 6) is 0. The lowest BCUT2D eigenvalue weighted by Crippen LogP contribution is -2.35. The molecule has 0 saturated carbocycles. The maximum absolute atomic E-state index is 5.48. The van der Waals surface area contributed by atoms with Gasteiger partial charge in [0.05, 0.1) is 0 Å². The quantitative estimate of drug-likeness (QED) is 0.494.